The lowest BCUT2D eigenvalue weighted by Gasteiger charge is -1.97. The van der Waals surface area contributed by atoms with Gasteiger partial charge in [-0.1, -0.05) is 41.7 Å². The van der Waals surface area contributed by atoms with Crippen molar-refractivity contribution in [1.29, 1.82) is 0 Å². The fraction of sp³-hybridized carbons (Fsp3) is 0.100. The summed E-state index contributed by atoms with van der Waals surface area (Å²) in [6, 6.07) is 10.1. The van der Waals surface area contributed by atoms with Gasteiger partial charge in [0, 0.05) is 6.42 Å². The zero-order chi connectivity index (χ0) is 11.7. The number of benzene rings is 1. The van der Waals surface area contributed by atoms with Crippen molar-refractivity contribution in [2.45, 2.75) is 6.42 Å². The molecule has 0 saturated carbocycles. The number of nitrogens with two attached hydrogens (primary N) is 1. The molecule has 2 heterocycles. The van der Waals surface area contributed by atoms with Crippen molar-refractivity contribution in [1.82, 2.24) is 19.8 Å². The summed E-state index contributed by atoms with van der Waals surface area (Å²) in [5.74, 6) is 6.12. The van der Waals surface area contributed by atoms with Gasteiger partial charge in [-0.05, 0) is 5.56 Å². The van der Waals surface area contributed by atoms with E-state index in [1.807, 2.05) is 18.2 Å². The molecule has 0 aliphatic carbocycles. The van der Waals surface area contributed by atoms with Crippen LogP contribution < -0.4 is 11.3 Å². The third-order valence-electron chi connectivity index (χ3n) is 2.38. The van der Waals surface area contributed by atoms with E-state index in [9.17, 15) is 0 Å². The van der Waals surface area contributed by atoms with Gasteiger partial charge in [0.15, 0.2) is 5.82 Å². The van der Waals surface area contributed by atoms with E-state index >= 15 is 0 Å². The van der Waals surface area contributed by atoms with E-state index in [1.165, 1.54) is 16.9 Å². The van der Waals surface area contributed by atoms with Crippen LogP contribution in [0.25, 0.3) is 4.96 Å². The van der Waals surface area contributed by atoms with E-state index in [-0.39, 0.29) is 0 Å². The monoisotopic (exact) mass is 246 g/mol. The minimum Gasteiger partial charge on any atom is -0.298 e. The lowest BCUT2D eigenvalue weighted by atomic mass is 10.1. The highest BCUT2D eigenvalue weighted by Crippen LogP contribution is 2.18. The van der Waals surface area contributed by atoms with Crippen LogP contribution in [0.15, 0.2) is 30.3 Å². The number of hydrogen-bond acceptors (Lipinski definition) is 6. The first kappa shape index (κ1) is 10.2. The second-order valence-electron chi connectivity index (χ2n) is 3.52. The number of nitrogen functional groups attached to an aromatic ring is 1. The van der Waals surface area contributed by atoms with Crippen LogP contribution in [0.5, 0.6) is 0 Å². The number of rotatable bonds is 3. The molecular formula is C10H10N6S. The molecule has 2 aromatic heterocycles. The largest absolute Gasteiger partial charge is 0.298 e. The van der Waals surface area contributed by atoms with Crippen molar-refractivity contribution in [3.05, 3.63) is 41.7 Å². The molecule has 0 saturated heterocycles. The molecular weight excluding hydrogens is 236 g/mol. The van der Waals surface area contributed by atoms with Gasteiger partial charge in [-0.3, -0.25) is 5.43 Å². The molecule has 0 aliphatic heterocycles. The number of nitrogens with zero attached hydrogens (tertiary/aromatic N) is 4. The Labute approximate surface area is 101 Å². The molecule has 1 aromatic carbocycles. The first-order valence-electron chi connectivity index (χ1n) is 5.08. The Bertz CT molecular complexity index is 629. The SMILES string of the molecule is NNc1nn2c(Cc3ccccc3)nnc2s1. The Morgan fingerprint density at radius 2 is 2.06 bits per heavy atom. The van der Waals surface area contributed by atoms with Crippen molar-refractivity contribution in [2.75, 3.05) is 5.43 Å². The van der Waals surface area contributed by atoms with Crippen LogP contribution in [0, 0.1) is 0 Å². The molecule has 0 radical (unpaired) electrons. The van der Waals surface area contributed by atoms with Crippen LogP contribution in [0.1, 0.15) is 11.4 Å². The summed E-state index contributed by atoms with van der Waals surface area (Å²) in [6.07, 6.45) is 0.704. The maximum atomic E-state index is 5.31. The molecule has 0 bridgehead atoms. The third-order valence-corrected chi connectivity index (χ3v) is 3.21. The second kappa shape index (κ2) is 4.11. The van der Waals surface area contributed by atoms with E-state index in [2.05, 4.69) is 32.9 Å². The van der Waals surface area contributed by atoms with Gasteiger partial charge in [-0.2, -0.15) is 4.52 Å². The van der Waals surface area contributed by atoms with Crippen LogP contribution in [0.4, 0.5) is 5.13 Å². The number of nitrogens with one attached hydrogen (secondary N) is 1. The first-order valence-corrected chi connectivity index (χ1v) is 5.90. The quantitative estimate of drug-likeness (QED) is 0.533. The molecule has 0 spiro atoms. The predicted molar refractivity (Wildman–Crippen MR) is 65.7 cm³/mol. The first-order chi connectivity index (χ1) is 8.36. The Morgan fingerprint density at radius 3 is 2.82 bits per heavy atom. The summed E-state index contributed by atoms with van der Waals surface area (Å²) >= 11 is 1.37. The van der Waals surface area contributed by atoms with Gasteiger partial charge in [-0.15, -0.1) is 15.3 Å². The van der Waals surface area contributed by atoms with E-state index in [1.54, 1.807) is 4.52 Å². The number of hydrogen-bond donors (Lipinski definition) is 2. The predicted octanol–water partition coefficient (Wildman–Crippen LogP) is 1.06. The van der Waals surface area contributed by atoms with Crippen molar-refractivity contribution in [3.63, 3.8) is 0 Å². The Kier molecular flexibility index (Phi) is 2.46. The van der Waals surface area contributed by atoms with E-state index < -0.39 is 0 Å². The van der Waals surface area contributed by atoms with E-state index in [0.29, 0.717) is 11.6 Å². The van der Waals surface area contributed by atoms with Crippen LogP contribution in [-0.4, -0.2) is 19.8 Å². The zero-order valence-electron chi connectivity index (χ0n) is 8.87. The molecule has 7 heteroatoms. The summed E-state index contributed by atoms with van der Waals surface area (Å²) in [7, 11) is 0. The highest BCUT2D eigenvalue weighted by Gasteiger charge is 2.11. The molecule has 0 amide bonds. The fourth-order valence-electron chi connectivity index (χ4n) is 1.60. The molecule has 0 atom stereocenters. The summed E-state index contributed by atoms with van der Waals surface area (Å²) < 4.78 is 1.72. The summed E-state index contributed by atoms with van der Waals surface area (Å²) in [5, 5.41) is 13.1. The van der Waals surface area contributed by atoms with Gasteiger partial charge in [0.05, 0.1) is 0 Å². The van der Waals surface area contributed by atoms with Gasteiger partial charge >= 0.3 is 0 Å². The van der Waals surface area contributed by atoms with E-state index in [0.717, 1.165) is 10.8 Å². The standard InChI is InChI=1S/C10H10N6S/c11-12-9-15-16-8(13-14-10(16)17-9)6-7-4-2-1-3-5-7/h1-5H,6,11H2,(H,12,15). The zero-order valence-corrected chi connectivity index (χ0v) is 9.68. The topological polar surface area (TPSA) is 81.1 Å². The Morgan fingerprint density at radius 1 is 1.24 bits per heavy atom. The minimum atomic E-state index is 0.629. The number of fused-ring (bicyclic) bond motifs is 1. The highest BCUT2D eigenvalue weighted by atomic mass is 32.1. The van der Waals surface area contributed by atoms with E-state index in [4.69, 9.17) is 5.84 Å². The minimum absolute atomic E-state index is 0.629. The molecule has 3 N–H and O–H groups in total. The number of hydrazine groups is 1. The average Bonchev–Trinajstić information content (AvgIpc) is 2.92. The van der Waals surface area contributed by atoms with Crippen LogP contribution in [-0.2, 0) is 6.42 Å². The highest BCUT2D eigenvalue weighted by molar-refractivity contribution is 7.20. The molecule has 0 unspecified atom stereocenters. The third kappa shape index (κ3) is 1.85. The van der Waals surface area contributed by atoms with Gasteiger partial charge in [-0.25, -0.2) is 5.84 Å². The maximum absolute atomic E-state index is 5.31. The van der Waals surface area contributed by atoms with Crippen molar-refractivity contribution in [2.24, 2.45) is 5.84 Å². The summed E-state index contributed by atoms with van der Waals surface area (Å²) in [5.41, 5.74) is 3.69. The maximum Gasteiger partial charge on any atom is 0.236 e. The second-order valence-corrected chi connectivity index (χ2v) is 4.48. The smallest absolute Gasteiger partial charge is 0.236 e. The normalized spacial score (nSPS) is 10.9. The summed E-state index contributed by atoms with van der Waals surface area (Å²) in [6.45, 7) is 0. The van der Waals surface area contributed by atoms with Gasteiger partial charge in [0.1, 0.15) is 0 Å². The molecule has 6 nitrogen and oxygen atoms in total. The molecule has 17 heavy (non-hydrogen) atoms. The van der Waals surface area contributed by atoms with Crippen LogP contribution in [0.3, 0.4) is 0 Å². The molecule has 0 aliphatic rings. The Hall–Kier alpha value is -1.99. The van der Waals surface area contributed by atoms with Crippen molar-refractivity contribution >= 4 is 21.4 Å². The van der Waals surface area contributed by atoms with Crippen molar-refractivity contribution < 1.29 is 0 Å². The molecule has 86 valence electrons. The van der Waals surface area contributed by atoms with Gasteiger partial charge in [0.2, 0.25) is 10.1 Å². The van der Waals surface area contributed by atoms with Gasteiger partial charge < -0.3 is 0 Å². The van der Waals surface area contributed by atoms with Crippen LogP contribution >= 0.6 is 11.3 Å². The number of aromatic nitrogens is 4. The van der Waals surface area contributed by atoms with Crippen LogP contribution in [0.2, 0.25) is 0 Å². The fourth-order valence-corrected chi connectivity index (χ4v) is 2.27. The molecule has 3 aromatic rings. The number of anilines is 1. The van der Waals surface area contributed by atoms with Gasteiger partial charge in [0.25, 0.3) is 0 Å². The van der Waals surface area contributed by atoms with Crippen molar-refractivity contribution in [3.8, 4) is 0 Å². The lowest BCUT2D eigenvalue weighted by molar-refractivity contribution is 0.852. The average molecular weight is 246 g/mol. The molecule has 3 rings (SSSR count). The molecule has 0 fully saturated rings. The Balaban J connectivity index is 1.97. The summed E-state index contributed by atoms with van der Waals surface area (Å²) in [4.78, 5) is 0.740. The lowest BCUT2D eigenvalue weighted by Crippen LogP contribution is -2.07.